The van der Waals surface area contributed by atoms with Gasteiger partial charge in [-0.2, -0.15) is 4.31 Å². The topological polar surface area (TPSA) is 126 Å². The van der Waals surface area contributed by atoms with Crippen molar-refractivity contribution < 1.29 is 27.5 Å². The van der Waals surface area contributed by atoms with Crippen LogP contribution in [0, 0.1) is 0 Å². The Kier molecular flexibility index (Phi) is 6.85. The maximum Gasteiger partial charge on any atom is 0.336 e. The number of nitrogens with one attached hydrogen (secondary N) is 1. The van der Waals surface area contributed by atoms with Gasteiger partial charge >= 0.3 is 5.63 Å². The number of ether oxygens (including phenoxy) is 1. The molecule has 1 amide bonds. The Morgan fingerprint density at radius 1 is 1.12 bits per heavy atom. The van der Waals surface area contributed by atoms with Gasteiger partial charge in [0.05, 0.1) is 24.1 Å². The first-order chi connectivity index (χ1) is 15.2. The second kappa shape index (κ2) is 9.41. The number of anilines is 1. The fourth-order valence-electron chi connectivity index (χ4n) is 3.39. The van der Waals surface area contributed by atoms with E-state index in [1.54, 1.807) is 19.9 Å². The summed E-state index contributed by atoms with van der Waals surface area (Å²) in [6.45, 7) is 4.11. The van der Waals surface area contributed by atoms with Crippen molar-refractivity contribution >= 4 is 32.6 Å². The van der Waals surface area contributed by atoms with E-state index in [0.717, 1.165) is 0 Å². The molecule has 0 unspecified atom stereocenters. The minimum Gasteiger partial charge on any atom is -0.508 e. The van der Waals surface area contributed by atoms with E-state index < -0.39 is 21.6 Å². The molecule has 32 heavy (non-hydrogen) atoms. The molecule has 0 radical (unpaired) electrons. The summed E-state index contributed by atoms with van der Waals surface area (Å²) in [6.07, 6.45) is -0.178. The number of hydrogen-bond acceptors (Lipinski definition) is 7. The van der Waals surface area contributed by atoms with Gasteiger partial charge < -0.3 is 19.6 Å². The van der Waals surface area contributed by atoms with Gasteiger partial charge in [-0.15, -0.1) is 0 Å². The van der Waals surface area contributed by atoms with Crippen LogP contribution >= 0.6 is 0 Å². The summed E-state index contributed by atoms with van der Waals surface area (Å²) in [4.78, 5) is 24.7. The lowest BCUT2D eigenvalue weighted by molar-refractivity contribution is -0.115. The molecule has 2 aromatic carbocycles. The highest BCUT2D eigenvalue weighted by atomic mass is 32.2. The number of amides is 1. The quantitative estimate of drug-likeness (QED) is 0.495. The summed E-state index contributed by atoms with van der Waals surface area (Å²) >= 11 is 0. The summed E-state index contributed by atoms with van der Waals surface area (Å²) in [5.74, 6) is -0.266. The highest BCUT2D eigenvalue weighted by Crippen LogP contribution is 2.29. The molecule has 170 valence electrons. The maximum absolute atomic E-state index is 12.8. The lowest BCUT2D eigenvalue weighted by Crippen LogP contribution is -2.30. The van der Waals surface area contributed by atoms with Crippen molar-refractivity contribution in [3.63, 3.8) is 0 Å². The summed E-state index contributed by atoms with van der Waals surface area (Å²) in [6, 6.07) is 9.72. The lowest BCUT2D eigenvalue weighted by atomic mass is 10.1. The van der Waals surface area contributed by atoms with Crippen LogP contribution in [-0.2, 0) is 21.2 Å². The zero-order valence-electron chi connectivity index (χ0n) is 17.9. The lowest BCUT2D eigenvalue weighted by Gasteiger charge is -2.19. The Morgan fingerprint density at radius 3 is 2.50 bits per heavy atom. The molecule has 3 rings (SSSR count). The maximum atomic E-state index is 12.8. The van der Waals surface area contributed by atoms with Crippen LogP contribution in [0.15, 0.2) is 56.6 Å². The van der Waals surface area contributed by atoms with Gasteiger partial charge in [-0.3, -0.25) is 4.79 Å². The number of fused-ring (bicyclic) bond motifs is 1. The van der Waals surface area contributed by atoms with Gasteiger partial charge in [0.25, 0.3) is 0 Å². The number of rotatable bonds is 8. The van der Waals surface area contributed by atoms with Gasteiger partial charge in [-0.25, -0.2) is 13.2 Å². The van der Waals surface area contributed by atoms with Crippen LogP contribution in [-0.4, -0.2) is 43.9 Å². The van der Waals surface area contributed by atoms with E-state index in [2.05, 4.69) is 5.32 Å². The third kappa shape index (κ3) is 4.76. The predicted molar refractivity (Wildman–Crippen MR) is 120 cm³/mol. The minimum absolute atomic E-state index is 0.0265. The van der Waals surface area contributed by atoms with Crippen molar-refractivity contribution in [2.75, 3.05) is 25.5 Å². The predicted octanol–water partition coefficient (Wildman–Crippen LogP) is 2.72. The Bertz CT molecular complexity index is 1310. The molecule has 1 aromatic heterocycles. The second-order valence-corrected chi connectivity index (χ2v) is 8.89. The van der Waals surface area contributed by atoms with E-state index in [0.29, 0.717) is 29.8 Å². The average Bonchev–Trinajstić information content (AvgIpc) is 2.73. The zero-order chi connectivity index (χ0) is 23.5. The largest absolute Gasteiger partial charge is 0.508 e. The number of carbonyl (C=O) groups excluding carboxylic acids is 1. The Balaban J connectivity index is 1.93. The van der Waals surface area contributed by atoms with Gasteiger partial charge in [-0.05, 0) is 35.9 Å². The van der Waals surface area contributed by atoms with Crippen molar-refractivity contribution in [1.82, 2.24) is 4.31 Å². The van der Waals surface area contributed by atoms with Crippen molar-refractivity contribution in [2.24, 2.45) is 0 Å². The SMILES string of the molecule is CCN(CC)S(=O)(=O)c1ccc(OC)c(NC(=O)Cc2cc(=O)oc3cc(O)ccc23)c1. The number of phenols is 1. The minimum atomic E-state index is -3.73. The van der Waals surface area contributed by atoms with Crippen molar-refractivity contribution in [1.29, 1.82) is 0 Å². The van der Waals surface area contributed by atoms with Gasteiger partial charge in [0, 0.05) is 30.6 Å². The normalized spacial score (nSPS) is 11.6. The van der Waals surface area contributed by atoms with E-state index in [4.69, 9.17) is 9.15 Å². The highest BCUT2D eigenvalue weighted by molar-refractivity contribution is 7.89. The molecule has 0 aliphatic carbocycles. The fourth-order valence-corrected chi connectivity index (χ4v) is 4.87. The molecule has 0 bridgehead atoms. The highest BCUT2D eigenvalue weighted by Gasteiger charge is 2.23. The van der Waals surface area contributed by atoms with Crippen molar-refractivity contribution in [3.05, 3.63) is 58.4 Å². The molecule has 0 fully saturated rings. The zero-order valence-corrected chi connectivity index (χ0v) is 18.7. The van der Waals surface area contributed by atoms with Crippen LogP contribution in [0.5, 0.6) is 11.5 Å². The van der Waals surface area contributed by atoms with E-state index in [1.165, 1.54) is 47.8 Å². The third-order valence-electron chi connectivity index (χ3n) is 4.95. The first-order valence-electron chi connectivity index (χ1n) is 9.93. The molecular formula is C22H24N2O7S. The number of nitrogens with zero attached hydrogens (tertiary/aromatic N) is 1. The molecule has 2 N–H and O–H groups in total. The van der Waals surface area contributed by atoms with Crippen LogP contribution in [0.3, 0.4) is 0 Å². The molecule has 1 heterocycles. The third-order valence-corrected chi connectivity index (χ3v) is 7.00. The molecule has 3 aromatic rings. The Hall–Kier alpha value is -3.37. The molecule has 0 aliphatic heterocycles. The standard InChI is InChI=1S/C22H24N2O7S/c1-4-24(5-2)32(28,29)16-7-9-19(30-3)18(13-16)23-21(26)10-14-11-22(27)31-20-12-15(25)6-8-17(14)20/h6-9,11-13,25H,4-5,10H2,1-3H3,(H,23,26). The van der Waals surface area contributed by atoms with Gasteiger partial charge in [0.2, 0.25) is 15.9 Å². The number of hydrogen-bond donors (Lipinski definition) is 2. The second-order valence-electron chi connectivity index (χ2n) is 6.95. The first kappa shape index (κ1) is 23.3. The molecule has 9 nitrogen and oxygen atoms in total. The van der Waals surface area contributed by atoms with Crippen LogP contribution in [0.1, 0.15) is 19.4 Å². The number of aromatic hydroxyl groups is 1. The number of carbonyl (C=O) groups is 1. The fraction of sp³-hybridized carbons (Fsp3) is 0.273. The summed E-state index contributed by atoms with van der Waals surface area (Å²) in [7, 11) is -2.32. The molecule has 0 spiro atoms. The van der Waals surface area contributed by atoms with Gasteiger partial charge in [0.15, 0.2) is 0 Å². The van der Waals surface area contributed by atoms with Gasteiger partial charge in [0.1, 0.15) is 17.1 Å². The average molecular weight is 461 g/mol. The van der Waals surface area contributed by atoms with Crippen LogP contribution in [0.25, 0.3) is 11.0 Å². The van der Waals surface area contributed by atoms with Crippen LogP contribution in [0.2, 0.25) is 0 Å². The van der Waals surface area contributed by atoms with Gasteiger partial charge in [-0.1, -0.05) is 13.8 Å². The van der Waals surface area contributed by atoms with Crippen molar-refractivity contribution in [3.8, 4) is 11.5 Å². The summed E-state index contributed by atoms with van der Waals surface area (Å²) in [5, 5.41) is 12.8. The number of phenolic OH excluding ortho intramolecular Hbond substituents is 1. The van der Waals surface area contributed by atoms with E-state index in [1.807, 2.05) is 0 Å². The molecule has 0 saturated carbocycles. The molecular weight excluding hydrogens is 436 g/mol. The molecule has 10 heteroatoms. The van der Waals surface area contributed by atoms with Crippen LogP contribution < -0.4 is 15.7 Å². The Morgan fingerprint density at radius 2 is 1.84 bits per heavy atom. The summed E-state index contributed by atoms with van der Waals surface area (Å²) in [5.41, 5.74) is 0.0938. The molecule has 0 saturated heterocycles. The van der Waals surface area contributed by atoms with E-state index >= 15 is 0 Å². The van der Waals surface area contributed by atoms with Crippen molar-refractivity contribution in [2.45, 2.75) is 25.2 Å². The van der Waals surface area contributed by atoms with Crippen LogP contribution in [0.4, 0.5) is 5.69 Å². The Labute approximate surface area is 185 Å². The number of methoxy groups -OCH3 is 1. The number of benzene rings is 2. The number of sulfonamides is 1. The first-order valence-corrected chi connectivity index (χ1v) is 11.4. The smallest absolute Gasteiger partial charge is 0.336 e. The molecule has 0 atom stereocenters. The van der Waals surface area contributed by atoms with E-state index in [-0.39, 0.29) is 28.3 Å². The van der Waals surface area contributed by atoms with E-state index in [9.17, 15) is 23.1 Å². The monoisotopic (exact) mass is 460 g/mol. The molecule has 0 aliphatic rings. The summed E-state index contributed by atoms with van der Waals surface area (Å²) < 4.78 is 37.3.